The summed E-state index contributed by atoms with van der Waals surface area (Å²) >= 11 is 1.49. The van der Waals surface area contributed by atoms with Crippen LogP contribution in [0.4, 0.5) is 0 Å². The topological polar surface area (TPSA) is 0 Å². The van der Waals surface area contributed by atoms with Gasteiger partial charge in [-0.05, 0) is 0 Å². The third kappa shape index (κ3) is 1.13. The molecule has 1 saturated carbocycles. The van der Waals surface area contributed by atoms with Crippen LogP contribution in [0.15, 0.2) is 0 Å². The van der Waals surface area contributed by atoms with E-state index in [1.54, 1.807) is 0 Å². The van der Waals surface area contributed by atoms with E-state index in [4.69, 9.17) is 0 Å². The van der Waals surface area contributed by atoms with Gasteiger partial charge in [-0.3, -0.25) is 0 Å². The van der Waals surface area contributed by atoms with E-state index in [2.05, 4.69) is 13.8 Å². The number of rotatable bonds is 0. The van der Waals surface area contributed by atoms with Crippen molar-refractivity contribution in [2.45, 2.75) is 37.1 Å². The van der Waals surface area contributed by atoms with Gasteiger partial charge in [-0.2, -0.15) is 0 Å². The van der Waals surface area contributed by atoms with E-state index in [1.807, 2.05) is 0 Å². The molecule has 43 valence electrons. The molecule has 0 aliphatic heterocycles. The normalized spacial score (nSPS) is 47.8. The van der Waals surface area contributed by atoms with Crippen LogP contribution in [0.25, 0.3) is 0 Å². The van der Waals surface area contributed by atoms with E-state index in [0.717, 1.165) is 9.93 Å². The van der Waals surface area contributed by atoms with Crippen molar-refractivity contribution in [3.8, 4) is 0 Å². The molecule has 0 amide bonds. The predicted molar refractivity (Wildman–Crippen MR) is 31.4 cm³/mol. The van der Waals surface area contributed by atoms with Crippen molar-refractivity contribution < 1.29 is 18.3 Å². The second-order valence-corrected chi connectivity index (χ2v) is 6.84. The molecule has 0 nitrogen and oxygen atoms in total. The molecule has 0 heterocycles. The molecular weight excluding hydrogens is 149 g/mol. The zero-order valence-corrected chi connectivity index (χ0v) is 8.87. The fraction of sp³-hybridized carbons (Fsp3) is 1.00. The summed E-state index contributed by atoms with van der Waals surface area (Å²) in [6.45, 7) is 4.83. The van der Waals surface area contributed by atoms with Gasteiger partial charge in [0.2, 0.25) is 0 Å². The Kier molecular flexibility index (Phi) is 1.77. The van der Waals surface area contributed by atoms with Crippen molar-refractivity contribution in [1.82, 2.24) is 0 Å². The Hall–Kier alpha value is 0.623. The van der Waals surface area contributed by atoms with Gasteiger partial charge < -0.3 is 0 Å². The van der Waals surface area contributed by atoms with Crippen LogP contribution in [0.1, 0.15) is 33.1 Å². The Morgan fingerprint density at radius 3 is 2.38 bits per heavy atom. The third-order valence-electron chi connectivity index (χ3n) is 2.57. The monoisotopic (exact) mass is 161 g/mol. The van der Waals surface area contributed by atoms with Gasteiger partial charge in [0.25, 0.3) is 0 Å². The van der Waals surface area contributed by atoms with Gasteiger partial charge >= 0.3 is 61.3 Å². The van der Waals surface area contributed by atoms with Gasteiger partial charge in [0.1, 0.15) is 0 Å². The van der Waals surface area contributed by atoms with Gasteiger partial charge in [-0.25, -0.2) is 0 Å². The zero-order chi connectivity index (χ0) is 6.20. The van der Waals surface area contributed by atoms with E-state index in [0.29, 0.717) is 0 Å². The standard InChI is InChI=1S/C7H13.Zn/c1-6-4-3-5-7(6)2;/h6H,3-5H2,1-2H3;. The second-order valence-electron chi connectivity index (χ2n) is 3.45. The first-order chi connectivity index (χ1) is 3.63. The Morgan fingerprint density at radius 2 is 2.25 bits per heavy atom. The quantitative estimate of drug-likeness (QED) is 0.480. The molecular formula is C7H13Zn. The van der Waals surface area contributed by atoms with Crippen molar-refractivity contribution in [1.29, 1.82) is 0 Å². The average Bonchev–Trinajstić information content (AvgIpc) is 1.86. The molecule has 0 aromatic rings. The summed E-state index contributed by atoms with van der Waals surface area (Å²) in [6.07, 6.45) is 4.46. The van der Waals surface area contributed by atoms with Gasteiger partial charge in [-0.1, -0.05) is 0 Å². The molecule has 8 heavy (non-hydrogen) atoms. The van der Waals surface area contributed by atoms with Gasteiger partial charge in [0.15, 0.2) is 0 Å². The molecule has 1 aliphatic carbocycles. The molecule has 0 aromatic heterocycles. The predicted octanol–water partition coefficient (Wildman–Crippen LogP) is 2.53. The molecule has 1 heteroatoms. The van der Waals surface area contributed by atoms with Crippen LogP contribution in [-0.2, 0) is 18.3 Å². The third-order valence-corrected chi connectivity index (χ3v) is 4.78. The number of hydrogen-bond acceptors (Lipinski definition) is 0. The van der Waals surface area contributed by atoms with Crippen LogP contribution in [0, 0.1) is 5.92 Å². The van der Waals surface area contributed by atoms with Crippen molar-refractivity contribution >= 4 is 0 Å². The van der Waals surface area contributed by atoms with E-state index in [9.17, 15) is 0 Å². The minimum absolute atomic E-state index is 0.778. The van der Waals surface area contributed by atoms with Gasteiger partial charge in [0, 0.05) is 0 Å². The Bertz CT molecular complexity index is 86.4. The first kappa shape index (κ1) is 6.74. The summed E-state index contributed by atoms with van der Waals surface area (Å²) < 4.78 is 0.778. The van der Waals surface area contributed by atoms with E-state index in [-0.39, 0.29) is 0 Å². The van der Waals surface area contributed by atoms with Crippen LogP contribution in [0.5, 0.6) is 0 Å². The summed E-state index contributed by atoms with van der Waals surface area (Å²) in [5, 5.41) is 0. The Morgan fingerprint density at radius 1 is 1.62 bits per heavy atom. The fourth-order valence-corrected chi connectivity index (χ4v) is 2.36. The van der Waals surface area contributed by atoms with Gasteiger partial charge in [-0.15, -0.1) is 0 Å². The van der Waals surface area contributed by atoms with Crippen LogP contribution >= 0.6 is 0 Å². The molecule has 0 spiro atoms. The van der Waals surface area contributed by atoms with Crippen molar-refractivity contribution in [3.05, 3.63) is 0 Å². The molecule has 1 rings (SSSR count). The molecule has 1 fully saturated rings. The van der Waals surface area contributed by atoms with E-state index in [1.165, 1.54) is 37.6 Å². The van der Waals surface area contributed by atoms with Crippen molar-refractivity contribution in [2.75, 3.05) is 0 Å². The van der Waals surface area contributed by atoms with Crippen LogP contribution in [-0.4, -0.2) is 0 Å². The van der Waals surface area contributed by atoms with Crippen molar-refractivity contribution in [3.63, 3.8) is 0 Å². The molecule has 1 aliphatic rings. The number of hydrogen-bond donors (Lipinski definition) is 0. The average molecular weight is 163 g/mol. The SMILES string of the molecule is CC1CCC[C]1(C)[Zn]. The Labute approximate surface area is 61.7 Å². The maximum atomic E-state index is 2.44. The summed E-state index contributed by atoms with van der Waals surface area (Å²) in [5.74, 6) is 1.02. The van der Waals surface area contributed by atoms with Gasteiger partial charge in [0.05, 0.1) is 0 Å². The summed E-state index contributed by atoms with van der Waals surface area (Å²) in [6, 6.07) is 0. The minimum atomic E-state index is 0.778. The first-order valence-corrected chi connectivity index (χ1v) is 4.96. The second kappa shape index (κ2) is 2.10. The van der Waals surface area contributed by atoms with Crippen LogP contribution < -0.4 is 0 Å². The molecule has 2 atom stereocenters. The molecule has 0 aromatic carbocycles. The Balaban J connectivity index is 2.54. The van der Waals surface area contributed by atoms with Crippen LogP contribution in [0.2, 0.25) is 4.01 Å². The molecule has 0 N–H and O–H groups in total. The summed E-state index contributed by atoms with van der Waals surface area (Å²) in [7, 11) is 0. The van der Waals surface area contributed by atoms with E-state index >= 15 is 0 Å². The van der Waals surface area contributed by atoms with Crippen molar-refractivity contribution in [2.24, 2.45) is 5.92 Å². The molecule has 0 saturated heterocycles. The molecule has 2 unspecified atom stereocenters. The zero-order valence-electron chi connectivity index (χ0n) is 5.91. The molecule has 0 radical (unpaired) electrons. The summed E-state index contributed by atoms with van der Waals surface area (Å²) in [5.41, 5.74) is 0. The maximum absolute atomic E-state index is 2.44. The van der Waals surface area contributed by atoms with Crippen LogP contribution in [0.3, 0.4) is 0 Å². The van der Waals surface area contributed by atoms with E-state index < -0.39 is 0 Å². The first-order valence-electron chi connectivity index (χ1n) is 3.48. The molecule has 0 bridgehead atoms. The fourth-order valence-electron chi connectivity index (χ4n) is 1.41. The summed E-state index contributed by atoms with van der Waals surface area (Å²) in [4.78, 5) is 0.